The predicted octanol–water partition coefficient (Wildman–Crippen LogP) is 6.82. The summed E-state index contributed by atoms with van der Waals surface area (Å²) in [6.45, 7) is 1.85. The van der Waals surface area contributed by atoms with Crippen molar-refractivity contribution in [2.45, 2.75) is 6.92 Å². The van der Waals surface area contributed by atoms with Gasteiger partial charge in [-0.05, 0) is 42.8 Å². The Hall–Kier alpha value is -3.90. The molecule has 0 bridgehead atoms. The highest BCUT2D eigenvalue weighted by Gasteiger charge is 2.17. The molecule has 7 heteroatoms. The normalized spacial score (nSPS) is 11.4. The minimum absolute atomic E-state index is 0.322. The average Bonchev–Trinajstić information content (AvgIpc) is 3.25. The van der Waals surface area contributed by atoms with Crippen LogP contribution >= 0.6 is 11.6 Å². The zero-order valence-electron chi connectivity index (χ0n) is 19.3. The highest BCUT2D eigenvalue weighted by Crippen LogP contribution is 2.40. The number of carbonyl (C=O) groups excluding carboxylic acids is 1. The van der Waals surface area contributed by atoms with Gasteiger partial charge in [0, 0.05) is 39.2 Å². The Morgan fingerprint density at radius 1 is 0.912 bits per heavy atom. The summed E-state index contributed by atoms with van der Waals surface area (Å²) >= 11 is 6.07. The standard InChI is InChI=1S/C27H24ClNO5/c1-16(11-27(30)29-22-12-17(28)9-10-24(22)32-3)19-13-20-21(15-34-26(20)14-25(19)33-4)18-7-5-6-8-23(18)31-2/h5-15H,1-4H3,(H,29,30)/b16-11+. The number of hydrogen-bond donors (Lipinski definition) is 1. The van der Waals surface area contributed by atoms with E-state index < -0.39 is 0 Å². The van der Waals surface area contributed by atoms with Gasteiger partial charge in [-0.25, -0.2) is 0 Å². The Morgan fingerprint density at radius 3 is 2.38 bits per heavy atom. The number of methoxy groups -OCH3 is 3. The van der Waals surface area contributed by atoms with Crippen LogP contribution in [0.25, 0.3) is 27.7 Å². The molecule has 0 radical (unpaired) electrons. The lowest BCUT2D eigenvalue weighted by atomic mass is 9.98. The lowest BCUT2D eigenvalue weighted by Crippen LogP contribution is -2.09. The van der Waals surface area contributed by atoms with Crippen LogP contribution in [0.4, 0.5) is 5.69 Å². The molecule has 0 unspecified atom stereocenters. The highest BCUT2D eigenvalue weighted by molar-refractivity contribution is 6.31. The van der Waals surface area contributed by atoms with Crippen LogP contribution in [-0.2, 0) is 4.79 Å². The molecule has 3 aromatic carbocycles. The summed E-state index contributed by atoms with van der Waals surface area (Å²) in [6, 6.07) is 16.5. The van der Waals surface area contributed by atoms with E-state index in [0.29, 0.717) is 33.4 Å². The molecule has 1 heterocycles. The minimum Gasteiger partial charge on any atom is -0.496 e. The third-order valence-electron chi connectivity index (χ3n) is 5.48. The van der Waals surface area contributed by atoms with Gasteiger partial charge in [-0.3, -0.25) is 4.79 Å². The van der Waals surface area contributed by atoms with Crippen molar-refractivity contribution >= 4 is 39.7 Å². The van der Waals surface area contributed by atoms with E-state index in [0.717, 1.165) is 27.8 Å². The lowest BCUT2D eigenvalue weighted by molar-refractivity contribution is -0.111. The molecule has 0 saturated carbocycles. The van der Waals surface area contributed by atoms with Crippen molar-refractivity contribution in [1.29, 1.82) is 0 Å². The molecule has 4 aromatic rings. The van der Waals surface area contributed by atoms with E-state index in [2.05, 4.69) is 5.32 Å². The smallest absolute Gasteiger partial charge is 0.248 e. The molecule has 6 nitrogen and oxygen atoms in total. The maximum absolute atomic E-state index is 12.8. The van der Waals surface area contributed by atoms with Crippen LogP contribution in [0.5, 0.6) is 17.2 Å². The molecule has 34 heavy (non-hydrogen) atoms. The number of ether oxygens (including phenoxy) is 3. The van der Waals surface area contributed by atoms with Gasteiger partial charge < -0.3 is 23.9 Å². The van der Waals surface area contributed by atoms with Gasteiger partial charge in [-0.2, -0.15) is 0 Å². The number of carbonyl (C=O) groups is 1. The summed E-state index contributed by atoms with van der Waals surface area (Å²) < 4.78 is 22.2. The molecule has 1 N–H and O–H groups in total. The molecule has 4 rings (SSSR count). The second-order valence-corrected chi connectivity index (χ2v) is 8.00. The zero-order chi connectivity index (χ0) is 24.2. The van der Waals surface area contributed by atoms with Crippen LogP contribution in [0.2, 0.25) is 5.02 Å². The van der Waals surface area contributed by atoms with Crippen LogP contribution in [0.1, 0.15) is 12.5 Å². The van der Waals surface area contributed by atoms with Gasteiger partial charge in [0.25, 0.3) is 0 Å². The Kier molecular flexibility index (Phi) is 6.80. The quantitative estimate of drug-likeness (QED) is 0.296. The fourth-order valence-electron chi connectivity index (χ4n) is 3.83. The molecule has 0 aliphatic rings. The Bertz CT molecular complexity index is 1390. The number of nitrogens with one attached hydrogen (secondary N) is 1. The number of hydrogen-bond acceptors (Lipinski definition) is 5. The van der Waals surface area contributed by atoms with E-state index in [9.17, 15) is 4.79 Å². The summed E-state index contributed by atoms with van der Waals surface area (Å²) in [4.78, 5) is 12.8. The summed E-state index contributed by atoms with van der Waals surface area (Å²) in [5, 5.41) is 4.20. The third-order valence-corrected chi connectivity index (χ3v) is 5.72. The number of halogens is 1. The molecule has 1 aromatic heterocycles. The Balaban J connectivity index is 1.73. The minimum atomic E-state index is -0.322. The zero-order valence-corrected chi connectivity index (χ0v) is 20.0. The molecule has 0 atom stereocenters. The van der Waals surface area contributed by atoms with E-state index in [4.69, 9.17) is 30.2 Å². The second kappa shape index (κ2) is 9.93. The number of allylic oxidation sites excluding steroid dienone is 1. The molecule has 0 spiro atoms. The number of fused-ring (bicyclic) bond motifs is 1. The van der Waals surface area contributed by atoms with Crippen molar-refractivity contribution in [2.75, 3.05) is 26.6 Å². The Morgan fingerprint density at radius 2 is 1.65 bits per heavy atom. The lowest BCUT2D eigenvalue weighted by Gasteiger charge is -2.12. The molecule has 1 amide bonds. The number of furan rings is 1. The van der Waals surface area contributed by atoms with Gasteiger partial charge in [0.15, 0.2) is 0 Å². The molecular formula is C27H24ClNO5. The van der Waals surface area contributed by atoms with Crippen LogP contribution in [0.15, 0.2) is 71.4 Å². The number of para-hydroxylation sites is 1. The van der Waals surface area contributed by atoms with Crippen molar-refractivity contribution in [3.8, 4) is 28.4 Å². The molecular weight excluding hydrogens is 454 g/mol. The van der Waals surface area contributed by atoms with Crippen LogP contribution in [0.3, 0.4) is 0 Å². The monoisotopic (exact) mass is 477 g/mol. The summed E-state index contributed by atoms with van der Waals surface area (Å²) in [6.07, 6.45) is 3.20. The Labute approximate surface area is 202 Å². The van der Waals surface area contributed by atoms with Crippen molar-refractivity contribution in [3.05, 3.63) is 77.5 Å². The van der Waals surface area contributed by atoms with Gasteiger partial charge in [0.1, 0.15) is 22.8 Å². The molecule has 0 aliphatic heterocycles. The molecule has 0 aliphatic carbocycles. The van der Waals surface area contributed by atoms with Gasteiger partial charge >= 0.3 is 0 Å². The van der Waals surface area contributed by atoms with E-state index in [1.807, 2.05) is 43.3 Å². The van der Waals surface area contributed by atoms with Crippen molar-refractivity contribution in [3.63, 3.8) is 0 Å². The van der Waals surface area contributed by atoms with Gasteiger partial charge in [-0.15, -0.1) is 0 Å². The molecule has 174 valence electrons. The fourth-order valence-corrected chi connectivity index (χ4v) is 4.00. The second-order valence-electron chi connectivity index (χ2n) is 7.56. The third kappa shape index (κ3) is 4.58. The van der Waals surface area contributed by atoms with Crippen LogP contribution in [-0.4, -0.2) is 27.2 Å². The number of amides is 1. The number of anilines is 1. The fraction of sp³-hybridized carbons (Fsp3) is 0.148. The summed E-state index contributed by atoms with van der Waals surface area (Å²) in [5.74, 6) is 1.53. The maximum atomic E-state index is 12.8. The van der Waals surface area contributed by atoms with Crippen LogP contribution in [0, 0.1) is 0 Å². The van der Waals surface area contributed by atoms with Gasteiger partial charge in [-0.1, -0.05) is 29.8 Å². The largest absolute Gasteiger partial charge is 0.496 e. The number of benzene rings is 3. The summed E-state index contributed by atoms with van der Waals surface area (Å²) in [7, 11) is 4.75. The molecule has 0 fully saturated rings. The maximum Gasteiger partial charge on any atom is 0.248 e. The topological polar surface area (TPSA) is 69.9 Å². The first-order chi connectivity index (χ1) is 16.4. The van der Waals surface area contributed by atoms with E-state index in [1.54, 1.807) is 38.7 Å². The van der Waals surface area contributed by atoms with E-state index >= 15 is 0 Å². The average molecular weight is 478 g/mol. The predicted molar refractivity (Wildman–Crippen MR) is 135 cm³/mol. The van der Waals surface area contributed by atoms with Gasteiger partial charge in [0.2, 0.25) is 5.91 Å². The summed E-state index contributed by atoms with van der Waals surface area (Å²) in [5.41, 5.74) is 4.43. The number of rotatable bonds is 7. The van der Waals surface area contributed by atoms with Crippen LogP contribution < -0.4 is 19.5 Å². The van der Waals surface area contributed by atoms with Crippen molar-refractivity contribution in [2.24, 2.45) is 0 Å². The van der Waals surface area contributed by atoms with Crippen molar-refractivity contribution in [1.82, 2.24) is 0 Å². The SMILES string of the molecule is COc1ccc(Cl)cc1NC(=O)/C=C(\C)c1cc2c(-c3ccccc3OC)coc2cc1OC. The van der Waals surface area contributed by atoms with Crippen molar-refractivity contribution < 1.29 is 23.4 Å². The first-order valence-electron chi connectivity index (χ1n) is 10.5. The molecule has 0 saturated heterocycles. The van der Waals surface area contributed by atoms with E-state index in [-0.39, 0.29) is 5.91 Å². The van der Waals surface area contributed by atoms with E-state index in [1.165, 1.54) is 13.2 Å². The highest BCUT2D eigenvalue weighted by atomic mass is 35.5. The first kappa shape index (κ1) is 23.3. The van der Waals surface area contributed by atoms with Gasteiger partial charge in [0.05, 0.1) is 33.3 Å². The first-order valence-corrected chi connectivity index (χ1v) is 10.9.